The molecule has 1 fully saturated rings. The Morgan fingerprint density at radius 2 is 1.79 bits per heavy atom. The zero-order valence-electron chi connectivity index (χ0n) is 10.4. The Labute approximate surface area is 89.5 Å². The summed E-state index contributed by atoms with van der Waals surface area (Å²) in [5.74, 6) is 0.923. The number of nitrogens with two attached hydrogens (primary N) is 1. The van der Waals surface area contributed by atoms with Crippen LogP contribution in [0.3, 0.4) is 0 Å². The summed E-state index contributed by atoms with van der Waals surface area (Å²) >= 11 is 0. The summed E-state index contributed by atoms with van der Waals surface area (Å²) in [7, 11) is 0. The lowest BCUT2D eigenvalue weighted by atomic mass is 9.63. The lowest BCUT2D eigenvalue weighted by Gasteiger charge is -2.43. The molecule has 1 heteroatoms. The van der Waals surface area contributed by atoms with Crippen LogP contribution >= 0.6 is 0 Å². The van der Waals surface area contributed by atoms with E-state index in [0.717, 1.165) is 12.5 Å². The highest BCUT2D eigenvalue weighted by molar-refractivity contribution is 4.88. The van der Waals surface area contributed by atoms with Crippen molar-refractivity contribution in [2.45, 2.75) is 59.8 Å². The normalized spacial score (nSPS) is 34.5. The quantitative estimate of drug-likeness (QED) is 0.735. The van der Waals surface area contributed by atoms with Gasteiger partial charge in [0.1, 0.15) is 0 Å². The van der Waals surface area contributed by atoms with Gasteiger partial charge < -0.3 is 5.73 Å². The van der Waals surface area contributed by atoms with Crippen LogP contribution in [0.5, 0.6) is 0 Å². The van der Waals surface area contributed by atoms with E-state index in [1.165, 1.54) is 32.1 Å². The summed E-state index contributed by atoms with van der Waals surface area (Å²) in [4.78, 5) is 0. The topological polar surface area (TPSA) is 26.0 Å². The predicted molar refractivity (Wildman–Crippen MR) is 63.2 cm³/mol. The smallest absolute Gasteiger partial charge is 0.00232 e. The molecule has 0 heterocycles. The van der Waals surface area contributed by atoms with Crippen LogP contribution in [-0.2, 0) is 0 Å². The molecule has 1 nitrogen and oxygen atoms in total. The lowest BCUT2D eigenvalue weighted by Crippen LogP contribution is -2.36. The minimum Gasteiger partial charge on any atom is -0.330 e. The predicted octanol–water partition coefficient (Wildman–Crippen LogP) is 3.58. The summed E-state index contributed by atoms with van der Waals surface area (Å²) in [6, 6.07) is 0. The van der Waals surface area contributed by atoms with Crippen LogP contribution in [0.15, 0.2) is 0 Å². The molecular weight excluding hydrogens is 170 g/mol. The van der Waals surface area contributed by atoms with Gasteiger partial charge >= 0.3 is 0 Å². The molecule has 1 aliphatic rings. The second-order valence-corrected chi connectivity index (χ2v) is 6.13. The van der Waals surface area contributed by atoms with Crippen molar-refractivity contribution in [3.05, 3.63) is 0 Å². The van der Waals surface area contributed by atoms with Gasteiger partial charge in [-0.25, -0.2) is 0 Å². The van der Waals surface area contributed by atoms with Crippen LogP contribution in [0.2, 0.25) is 0 Å². The SMILES string of the molecule is CCC(C)(C)C1CCC(C)(CN)CC1. The van der Waals surface area contributed by atoms with E-state index in [1.807, 2.05) is 0 Å². The van der Waals surface area contributed by atoms with Gasteiger partial charge in [0.15, 0.2) is 0 Å². The summed E-state index contributed by atoms with van der Waals surface area (Å²) in [5.41, 5.74) is 6.81. The molecule has 1 rings (SSSR count). The molecule has 0 aliphatic heterocycles. The van der Waals surface area contributed by atoms with Gasteiger partial charge in [-0.1, -0.05) is 34.1 Å². The van der Waals surface area contributed by atoms with Gasteiger partial charge in [0.2, 0.25) is 0 Å². The van der Waals surface area contributed by atoms with Crippen molar-refractivity contribution in [2.75, 3.05) is 6.54 Å². The highest BCUT2D eigenvalue weighted by Crippen LogP contribution is 2.45. The largest absolute Gasteiger partial charge is 0.330 e. The minimum absolute atomic E-state index is 0.445. The molecule has 0 aromatic carbocycles. The molecule has 0 spiro atoms. The maximum absolute atomic E-state index is 5.82. The third kappa shape index (κ3) is 2.50. The zero-order valence-corrected chi connectivity index (χ0v) is 10.4. The van der Waals surface area contributed by atoms with Gasteiger partial charge in [0.05, 0.1) is 0 Å². The molecule has 1 aliphatic carbocycles. The second kappa shape index (κ2) is 4.22. The highest BCUT2D eigenvalue weighted by Gasteiger charge is 2.35. The molecule has 0 amide bonds. The molecule has 0 bridgehead atoms. The lowest BCUT2D eigenvalue weighted by molar-refractivity contribution is 0.0902. The third-order valence-electron chi connectivity index (χ3n) is 4.70. The number of hydrogen-bond acceptors (Lipinski definition) is 1. The van der Waals surface area contributed by atoms with Gasteiger partial charge in [-0.3, -0.25) is 0 Å². The van der Waals surface area contributed by atoms with Crippen molar-refractivity contribution >= 4 is 0 Å². The van der Waals surface area contributed by atoms with E-state index < -0.39 is 0 Å². The van der Waals surface area contributed by atoms with Gasteiger partial charge in [-0.05, 0) is 49.0 Å². The second-order valence-electron chi connectivity index (χ2n) is 6.13. The first kappa shape index (κ1) is 12.0. The molecule has 2 N–H and O–H groups in total. The minimum atomic E-state index is 0.445. The van der Waals surface area contributed by atoms with Crippen molar-refractivity contribution in [3.63, 3.8) is 0 Å². The molecule has 0 radical (unpaired) electrons. The number of rotatable bonds is 3. The molecule has 0 aromatic heterocycles. The molecule has 0 unspecified atom stereocenters. The summed E-state index contributed by atoms with van der Waals surface area (Å²) in [6.45, 7) is 10.4. The Hall–Kier alpha value is -0.0400. The van der Waals surface area contributed by atoms with E-state index in [9.17, 15) is 0 Å². The van der Waals surface area contributed by atoms with Crippen LogP contribution in [0, 0.1) is 16.7 Å². The summed E-state index contributed by atoms with van der Waals surface area (Å²) < 4.78 is 0. The van der Waals surface area contributed by atoms with Crippen LogP contribution in [0.4, 0.5) is 0 Å². The van der Waals surface area contributed by atoms with Crippen LogP contribution in [0.1, 0.15) is 59.8 Å². The number of hydrogen-bond donors (Lipinski definition) is 1. The fraction of sp³-hybridized carbons (Fsp3) is 1.00. The van der Waals surface area contributed by atoms with E-state index in [4.69, 9.17) is 5.73 Å². The zero-order chi connectivity index (χ0) is 10.8. The monoisotopic (exact) mass is 197 g/mol. The Morgan fingerprint density at radius 3 is 2.14 bits per heavy atom. The Kier molecular flexibility index (Phi) is 3.63. The van der Waals surface area contributed by atoms with Gasteiger partial charge in [-0.15, -0.1) is 0 Å². The third-order valence-corrected chi connectivity index (χ3v) is 4.70. The molecule has 84 valence electrons. The van der Waals surface area contributed by atoms with Crippen molar-refractivity contribution in [1.82, 2.24) is 0 Å². The Bertz CT molecular complexity index is 176. The fourth-order valence-corrected chi connectivity index (χ4v) is 2.59. The average Bonchev–Trinajstić information content (AvgIpc) is 2.19. The van der Waals surface area contributed by atoms with Crippen molar-refractivity contribution in [1.29, 1.82) is 0 Å². The summed E-state index contributed by atoms with van der Waals surface area (Å²) in [5, 5.41) is 0. The van der Waals surface area contributed by atoms with Crippen molar-refractivity contribution in [2.24, 2.45) is 22.5 Å². The van der Waals surface area contributed by atoms with Gasteiger partial charge in [0.25, 0.3) is 0 Å². The average molecular weight is 197 g/mol. The molecular formula is C13H27N. The first-order chi connectivity index (χ1) is 6.43. The first-order valence-electron chi connectivity index (χ1n) is 6.13. The first-order valence-corrected chi connectivity index (χ1v) is 6.13. The van der Waals surface area contributed by atoms with E-state index in [2.05, 4.69) is 27.7 Å². The van der Waals surface area contributed by atoms with E-state index in [1.54, 1.807) is 0 Å². The van der Waals surface area contributed by atoms with E-state index >= 15 is 0 Å². The molecule has 14 heavy (non-hydrogen) atoms. The van der Waals surface area contributed by atoms with Gasteiger partial charge in [-0.2, -0.15) is 0 Å². The molecule has 0 saturated heterocycles. The molecule has 1 saturated carbocycles. The standard InChI is InChI=1S/C13H27N/c1-5-12(2,3)11-6-8-13(4,10-14)9-7-11/h11H,5-10,14H2,1-4H3. The van der Waals surface area contributed by atoms with Crippen molar-refractivity contribution < 1.29 is 0 Å². The van der Waals surface area contributed by atoms with E-state index in [-0.39, 0.29) is 0 Å². The van der Waals surface area contributed by atoms with Crippen LogP contribution < -0.4 is 5.73 Å². The fourth-order valence-electron chi connectivity index (χ4n) is 2.59. The van der Waals surface area contributed by atoms with Crippen LogP contribution in [0.25, 0.3) is 0 Å². The van der Waals surface area contributed by atoms with E-state index in [0.29, 0.717) is 10.8 Å². The maximum atomic E-state index is 5.82. The van der Waals surface area contributed by atoms with Crippen molar-refractivity contribution in [3.8, 4) is 0 Å². The maximum Gasteiger partial charge on any atom is -0.00232 e. The molecule has 0 atom stereocenters. The Morgan fingerprint density at radius 1 is 1.29 bits per heavy atom. The highest BCUT2D eigenvalue weighted by atomic mass is 14.6. The van der Waals surface area contributed by atoms with Crippen LogP contribution in [-0.4, -0.2) is 6.54 Å². The summed E-state index contributed by atoms with van der Waals surface area (Å²) in [6.07, 6.45) is 6.73. The van der Waals surface area contributed by atoms with Gasteiger partial charge in [0, 0.05) is 0 Å². The molecule has 0 aromatic rings. The Balaban J connectivity index is 2.51.